The molecule has 164 valence electrons. The summed E-state index contributed by atoms with van der Waals surface area (Å²) in [5, 5.41) is 3.06. The third-order valence-corrected chi connectivity index (χ3v) is 4.52. The summed E-state index contributed by atoms with van der Waals surface area (Å²) in [6.07, 6.45) is 1.37. The molecule has 4 N–H and O–H groups in total. The molecule has 8 nitrogen and oxygen atoms in total. The lowest BCUT2D eigenvalue weighted by atomic mass is 10.1. The third kappa shape index (κ3) is 6.99. The van der Waals surface area contributed by atoms with Crippen LogP contribution in [0.3, 0.4) is 0 Å². The molecule has 0 spiro atoms. The van der Waals surface area contributed by atoms with Crippen molar-refractivity contribution in [3.63, 3.8) is 0 Å². The van der Waals surface area contributed by atoms with Gasteiger partial charge in [-0.05, 0) is 29.8 Å². The van der Waals surface area contributed by atoms with Crippen LogP contribution in [0.25, 0.3) is 5.70 Å². The van der Waals surface area contributed by atoms with E-state index in [2.05, 4.69) is 15.8 Å². The molecule has 0 aliphatic carbocycles. The first kappa shape index (κ1) is 24.2. The molecule has 0 radical (unpaired) electrons. The highest BCUT2D eigenvalue weighted by Crippen LogP contribution is 2.32. The molecule has 0 aliphatic rings. The zero-order valence-electron chi connectivity index (χ0n) is 17.2. The van der Waals surface area contributed by atoms with Crippen LogP contribution in [0.15, 0.2) is 47.5 Å². The van der Waals surface area contributed by atoms with E-state index in [-0.39, 0.29) is 28.2 Å². The molecule has 0 atom stereocenters. The number of rotatable bonds is 8. The molecule has 2 aromatic carbocycles. The molecular weight excluding hydrogens is 443 g/mol. The van der Waals surface area contributed by atoms with Crippen LogP contribution in [-0.2, 0) is 20.8 Å². The van der Waals surface area contributed by atoms with Gasteiger partial charge in [0.05, 0.1) is 35.6 Å². The van der Waals surface area contributed by atoms with Gasteiger partial charge in [0.1, 0.15) is 11.6 Å². The van der Waals surface area contributed by atoms with Gasteiger partial charge < -0.3 is 15.8 Å². The Morgan fingerprint density at radius 1 is 1.16 bits per heavy atom. The fourth-order valence-electron chi connectivity index (χ4n) is 2.71. The number of methoxy groups -OCH3 is 1. The third-order valence-electron chi connectivity index (χ3n) is 3.92. The Labute approximate surface area is 190 Å². The number of aliphatic imine (C=N–C) groups is 1. The molecular formula is C21H22Cl2N4O4. The number of nitrogens with one attached hydrogen (secondary N) is 2. The zero-order chi connectivity index (χ0) is 23.0. The van der Waals surface area contributed by atoms with Gasteiger partial charge in [0.2, 0.25) is 5.91 Å². The fourth-order valence-corrected chi connectivity index (χ4v) is 3.34. The molecule has 10 heteroatoms. The molecule has 0 saturated carbocycles. The van der Waals surface area contributed by atoms with E-state index in [1.165, 1.54) is 27.2 Å². The lowest BCUT2D eigenvalue weighted by Crippen LogP contribution is -2.18. The van der Waals surface area contributed by atoms with E-state index in [4.69, 9.17) is 38.5 Å². The van der Waals surface area contributed by atoms with Crippen molar-refractivity contribution in [2.45, 2.75) is 13.3 Å². The molecule has 0 heterocycles. The number of carbonyl (C=O) groups is 2. The summed E-state index contributed by atoms with van der Waals surface area (Å²) in [5.74, 6) is -0.301. The van der Waals surface area contributed by atoms with Gasteiger partial charge in [0.15, 0.2) is 0 Å². The van der Waals surface area contributed by atoms with Crippen LogP contribution in [0.4, 0.5) is 5.69 Å². The Morgan fingerprint density at radius 3 is 2.39 bits per heavy atom. The highest BCUT2D eigenvalue weighted by molar-refractivity contribution is 6.39. The first-order valence-corrected chi connectivity index (χ1v) is 9.77. The first-order chi connectivity index (χ1) is 14.7. The number of nitrogens with zero attached hydrogens (tertiary/aromatic N) is 1. The molecule has 2 rings (SSSR count). The summed E-state index contributed by atoms with van der Waals surface area (Å²) in [6, 6.07) is 10.3. The number of benzene rings is 2. The van der Waals surface area contributed by atoms with Crippen molar-refractivity contribution in [1.29, 1.82) is 0 Å². The first-order valence-electron chi connectivity index (χ1n) is 9.01. The van der Waals surface area contributed by atoms with Crippen LogP contribution in [0, 0.1) is 0 Å². The highest BCUT2D eigenvalue weighted by atomic mass is 35.5. The number of ether oxygens (including phenoxy) is 1. The van der Waals surface area contributed by atoms with E-state index in [0.29, 0.717) is 28.3 Å². The SMILES string of the molecule is CONC(=CC(=O)N=C(N)Cc1cc(Cl)c(NC(C)=O)c(Cl)c1)c1ccccc1OC. The topological polar surface area (TPSA) is 115 Å². The zero-order valence-corrected chi connectivity index (χ0v) is 18.7. The predicted octanol–water partition coefficient (Wildman–Crippen LogP) is 3.58. The summed E-state index contributed by atoms with van der Waals surface area (Å²) in [6.45, 7) is 1.35. The molecule has 0 aliphatic heterocycles. The smallest absolute Gasteiger partial charge is 0.273 e. The second-order valence-electron chi connectivity index (χ2n) is 6.30. The summed E-state index contributed by atoms with van der Waals surface area (Å²) in [5.41, 5.74) is 10.5. The molecule has 31 heavy (non-hydrogen) atoms. The number of halogens is 2. The van der Waals surface area contributed by atoms with Gasteiger partial charge in [-0.15, -0.1) is 0 Å². The maximum atomic E-state index is 12.4. The number of anilines is 1. The second-order valence-corrected chi connectivity index (χ2v) is 7.11. The Morgan fingerprint density at radius 2 is 1.81 bits per heavy atom. The van der Waals surface area contributed by atoms with Crippen LogP contribution in [0.2, 0.25) is 10.0 Å². The Bertz CT molecular complexity index is 1010. The number of para-hydroxylation sites is 1. The maximum absolute atomic E-state index is 12.4. The molecule has 0 fully saturated rings. The van der Waals surface area contributed by atoms with Crippen molar-refractivity contribution in [3.05, 3.63) is 63.6 Å². The number of hydroxylamine groups is 1. The standard InChI is InChI=1S/C21H22Cl2N4O4/c1-12(28)25-21-15(22)8-13(9-16(21)23)10-19(24)26-20(29)11-17(27-31-3)14-6-4-5-7-18(14)30-2/h4-9,11,27H,10H2,1-3H3,(H,25,28)(H2,24,26,29). The Hall–Kier alpha value is -3.07. The maximum Gasteiger partial charge on any atom is 0.273 e. The molecule has 0 saturated heterocycles. The Kier molecular flexibility index (Phi) is 8.87. The van der Waals surface area contributed by atoms with Gasteiger partial charge in [0.25, 0.3) is 5.91 Å². The average molecular weight is 465 g/mol. The lowest BCUT2D eigenvalue weighted by molar-refractivity contribution is -0.114. The normalized spacial score (nSPS) is 11.8. The van der Waals surface area contributed by atoms with Crippen LogP contribution in [0.5, 0.6) is 5.75 Å². The summed E-state index contributed by atoms with van der Waals surface area (Å²) < 4.78 is 5.31. The number of amides is 2. The van der Waals surface area contributed by atoms with Crippen LogP contribution in [0.1, 0.15) is 18.1 Å². The van der Waals surface area contributed by atoms with Crippen molar-refractivity contribution in [2.75, 3.05) is 19.5 Å². The van der Waals surface area contributed by atoms with E-state index in [0.717, 1.165) is 0 Å². The minimum absolute atomic E-state index is 0.0532. The van der Waals surface area contributed by atoms with E-state index in [1.54, 1.807) is 36.4 Å². The van der Waals surface area contributed by atoms with Gasteiger partial charge in [-0.2, -0.15) is 4.99 Å². The monoisotopic (exact) mass is 464 g/mol. The van der Waals surface area contributed by atoms with Gasteiger partial charge in [-0.1, -0.05) is 35.3 Å². The van der Waals surface area contributed by atoms with Gasteiger partial charge in [-0.25, -0.2) is 0 Å². The highest BCUT2D eigenvalue weighted by Gasteiger charge is 2.12. The minimum atomic E-state index is -0.602. The van der Waals surface area contributed by atoms with Gasteiger partial charge in [-0.3, -0.25) is 19.9 Å². The largest absolute Gasteiger partial charge is 0.496 e. The number of nitrogens with two attached hydrogens (primary N) is 1. The van der Waals surface area contributed by atoms with Crippen molar-refractivity contribution in [3.8, 4) is 5.75 Å². The summed E-state index contributed by atoms with van der Waals surface area (Å²) in [4.78, 5) is 32.5. The van der Waals surface area contributed by atoms with E-state index < -0.39 is 5.91 Å². The van der Waals surface area contributed by atoms with Crippen molar-refractivity contribution < 1.29 is 19.2 Å². The number of hydrogen-bond acceptors (Lipinski definition) is 5. The van der Waals surface area contributed by atoms with Crippen LogP contribution >= 0.6 is 23.2 Å². The molecule has 0 bridgehead atoms. The molecule has 0 unspecified atom stereocenters. The summed E-state index contributed by atoms with van der Waals surface area (Å²) in [7, 11) is 2.94. The Balaban J connectivity index is 2.24. The van der Waals surface area contributed by atoms with Gasteiger partial charge >= 0.3 is 0 Å². The molecule has 0 aromatic heterocycles. The van der Waals surface area contributed by atoms with Gasteiger partial charge in [0, 0.05) is 25.0 Å². The van der Waals surface area contributed by atoms with E-state index in [1.807, 2.05) is 0 Å². The van der Waals surface area contributed by atoms with Crippen molar-refractivity contribution >= 4 is 52.2 Å². The fraction of sp³-hybridized carbons (Fsp3) is 0.190. The summed E-state index contributed by atoms with van der Waals surface area (Å²) >= 11 is 12.4. The van der Waals surface area contributed by atoms with Crippen LogP contribution in [-0.4, -0.2) is 31.9 Å². The predicted molar refractivity (Wildman–Crippen MR) is 122 cm³/mol. The van der Waals surface area contributed by atoms with E-state index >= 15 is 0 Å². The van der Waals surface area contributed by atoms with Crippen LogP contribution < -0.4 is 21.3 Å². The quantitative estimate of drug-likeness (QED) is 0.238. The molecule has 2 amide bonds. The lowest BCUT2D eigenvalue weighted by Gasteiger charge is -2.12. The van der Waals surface area contributed by atoms with Crippen molar-refractivity contribution in [2.24, 2.45) is 10.7 Å². The number of hydrogen-bond donors (Lipinski definition) is 3. The van der Waals surface area contributed by atoms with Crippen molar-refractivity contribution in [1.82, 2.24) is 5.48 Å². The number of carbonyl (C=O) groups excluding carboxylic acids is 2. The average Bonchev–Trinajstić information content (AvgIpc) is 2.70. The molecule has 2 aromatic rings. The second kappa shape index (κ2) is 11.4. The number of amidine groups is 1. The van der Waals surface area contributed by atoms with E-state index in [9.17, 15) is 9.59 Å². The minimum Gasteiger partial charge on any atom is -0.496 e.